The molecule has 4 heteroatoms. The van der Waals surface area contributed by atoms with Crippen molar-refractivity contribution in [2.24, 2.45) is 0 Å². The van der Waals surface area contributed by atoms with Crippen molar-refractivity contribution in [3.8, 4) is 0 Å². The zero-order valence-corrected chi connectivity index (χ0v) is 11.6. The molecule has 0 saturated heterocycles. The lowest BCUT2D eigenvalue weighted by atomic mass is 10.2. The van der Waals surface area contributed by atoms with Gasteiger partial charge in [0.1, 0.15) is 0 Å². The summed E-state index contributed by atoms with van der Waals surface area (Å²) in [6, 6.07) is 10.0. The maximum atomic E-state index is 11.9. The molecule has 3 nitrogen and oxygen atoms in total. The summed E-state index contributed by atoms with van der Waals surface area (Å²) in [5.41, 5.74) is 1.15. The van der Waals surface area contributed by atoms with Gasteiger partial charge in [-0.15, -0.1) is 19.0 Å². The van der Waals surface area contributed by atoms with E-state index in [9.17, 15) is 4.79 Å². The number of carbonyl (C=O) groups excluding carboxylic acids is 1. The van der Waals surface area contributed by atoms with Crippen LogP contribution >= 0.6 is 12.4 Å². The Balaban J connectivity index is 0.00000289. The maximum Gasteiger partial charge on any atom is 0.224 e. The number of amides is 1. The summed E-state index contributed by atoms with van der Waals surface area (Å²) in [5, 5.41) is 2.99. The first-order valence-electron chi connectivity index (χ1n) is 5.85. The molecule has 0 heterocycles. The van der Waals surface area contributed by atoms with Gasteiger partial charge in [-0.3, -0.25) is 4.79 Å². The van der Waals surface area contributed by atoms with E-state index in [1.165, 1.54) is 0 Å². The molecule has 0 fully saturated rings. The largest absolute Gasteiger partial charge is 0.335 e. The molecule has 0 atom stereocenters. The van der Waals surface area contributed by atoms with Crippen molar-refractivity contribution in [3.05, 3.63) is 48.6 Å². The summed E-state index contributed by atoms with van der Waals surface area (Å²) < 4.78 is 0. The molecule has 0 aliphatic carbocycles. The van der Waals surface area contributed by atoms with Crippen LogP contribution in [0, 0.1) is 0 Å². The van der Waals surface area contributed by atoms with Gasteiger partial charge in [-0.2, -0.15) is 0 Å². The van der Waals surface area contributed by atoms with Crippen molar-refractivity contribution in [2.45, 2.75) is 13.0 Å². The van der Waals surface area contributed by atoms with Crippen molar-refractivity contribution in [1.29, 1.82) is 0 Å². The van der Waals surface area contributed by atoms with Crippen LogP contribution in [-0.2, 0) is 11.3 Å². The highest BCUT2D eigenvalue weighted by Gasteiger charge is 2.11. The van der Waals surface area contributed by atoms with Crippen LogP contribution in [0.2, 0.25) is 0 Å². The first kappa shape index (κ1) is 16.7. The Bertz CT molecular complexity index is 354. The Hall–Kier alpha value is -1.32. The van der Waals surface area contributed by atoms with E-state index in [2.05, 4.69) is 11.9 Å². The predicted molar refractivity (Wildman–Crippen MR) is 77.8 cm³/mol. The van der Waals surface area contributed by atoms with Crippen molar-refractivity contribution < 1.29 is 4.79 Å². The van der Waals surface area contributed by atoms with Crippen LogP contribution in [0.1, 0.15) is 12.0 Å². The number of carbonyl (C=O) groups is 1. The smallest absolute Gasteiger partial charge is 0.224 e. The van der Waals surface area contributed by atoms with Gasteiger partial charge >= 0.3 is 0 Å². The van der Waals surface area contributed by atoms with Crippen LogP contribution < -0.4 is 5.32 Å². The van der Waals surface area contributed by atoms with Crippen molar-refractivity contribution in [3.63, 3.8) is 0 Å². The monoisotopic (exact) mass is 268 g/mol. The minimum Gasteiger partial charge on any atom is -0.335 e. The Labute approximate surface area is 115 Å². The molecule has 0 spiro atoms. The number of nitrogens with zero attached hydrogens (tertiary/aromatic N) is 1. The highest BCUT2D eigenvalue weighted by molar-refractivity contribution is 5.85. The van der Waals surface area contributed by atoms with E-state index in [0.29, 0.717) is 26.1 Å². The Kier molecular flexibility index (Phi) is 8.97. The third-order valence-electron chi connectivity index (χ3n) is 2.51. The lowest BCUT2D eigenvalue weighted by Gasteiger charge is -2.21. The van der Waals surface area contributed by atoms with Crippen LogP contribution in [0.4, 0.5) is 0 Å². The SMILES string of the molecule is C=CCN(Cc1ccccc1)C(=O)CCNC.Cl. The third kappa shape index (κ3) is 5.84. The number of hydrogen-bond donors (Lipinski definition) is 1. The molecule has 0 saturated carbocycles. The highest BCUT2D eigenvalue weighted by atomic mass is 35.5. The molecular weight excluding hydrogens is 248 g/mol. The van der Waals surface area contributed by atoms with Gasteiger partial charge < -0.3 is 10.2 Å². The Morgan fingerprint density at radius 2 is 2.06 bits per heavy atom. The summed E-state index contributed by atoms with van der Waals surface area (Å²) in [6.07, 6.45) is 2.29. The average Bonchev–Trinajstić information content (AvgIpc) is 2.36. The Morgan fingerprint density at radius 3 is 2.61 bits per heavy atom. The molecule has 100 valence electrons. The molecule has 1 amide bonds. The average molecular weight is 269 g/mol. The summed E-state index contributed by atoms with van der Waals surface area (Å²) in [4.78, 5) is 13.8. The van der Waals surface area contributed by atoms with Crippen LogP contribution in [0.5, 0.6) is 0 Å². The van der Waals surface area contributed by atoms with Crippen LogP contribution in [0.15, 0.2) is 43.0 Å². The summed E-state index contributed by atoms with van der Waals surface area (Å²) >= 11 is 0. The van der Waals surface area contributed by atoms with Crippen molar-refractivity contribution in [1.82, 2.24) is 10.2 Å². The number of rotatable bonds is 7. The second kappa shape index (κ2) is 9.68. The van der Waals surface area contributed by atoms with E-state index in [4.69, 9.17) is 0 Å². The minimum absolute atomic E-state index is 0. The lowest BCUT2D eigenvalue weighted by Crippen LogP contribution is -2.32. The first-order chi connectivity index (χ1) is 8.27. The quantitative estimate of drug-likeness (QED) is 0.769. The number of hydrogen-bond acceptors (Lipinski definition) is 2. The van der Waals surface area contributed by atoms with Gasteiger partial charge in [0, 0.05) is 26.1 Å². The number of benzene rings is 1. The molecular formula is C14H21ClN2O. The fourth-order valence-corrected chi connectivity index (χ4v) is 1.60. The van der Waals surface area contributed by atoms with Gasteiger partial charge in [0.2, 0.25) is 5.91 Å². The zero-order valence-electron chi connectivity index (χ0n) is 10.8. The van der Waals surface area contributed by atoms with Gasteiger partial charge in [-0.05, 0) is 12.6 Å². The second-order valence-corrected chi connectivity index (χ2v) is 3.90. The summed E-state index contributed by atoms with van der Waals surface area (Å²) in [6.45, 7) is 5.65. The van der Waals surface area contributed by atoms with E-state index < -0.39 is 0 Å². The molecule has 0 aliphatic heterocycles. The van der Waals surface area contributed by atoms with E-state index in [1.807, 2.05) is 42.3 Å². The van der Waals surface area contributed by atoms with Gasteiger partial charge in [-0.25, -0.2) is 0 Å². The standard InChI is InChI=1S/C14H20N2O.ClH/c1-3-11-16(14(17)9-10-15-2)12-13-7-5-4-6-8-13;/h3-8,15H,1,9-12H2,2H3;1H. The number of nitrogens with one attached hydrogen (secondary N) is 1. The maximum absolute atomic E-state index is 11.9. The fraction of sp³-hybridized carbons (Fsp3) is 0.357. The predicted octanol–water partition coefficient (Wildman–Crippen LogP) is 2.23. The lowest BCUT2D eigenvalue weighted by molar-refractivity contribution is -0.131. The molecule has 1 aromatic carbocycles. The van der Waals surface area contributed by atoms with Crippen LogP contribution in [0.3, 0.4) is 0 Å². The van der Waals surface area contributed by atoms with E-state index in [1.54, 1.807) is 6.08 Å². The first-order valence-corrected chi connectivity index (χ1v) is 5.85. The van der Waals surface area contributed by atoms with Crippen LogP contribution in [0.25, 0.3) is 0 Å². The molecule has 1 rings (SSSR count). The molecule has 0 aliphatic rings. The van der Waals surface area contributed by atoms with Gasteiger partial charge in [0.15, 0.2) is 0 Å². The molecule has 0 aromatic heterocycles. The molecule has 0 unspecified atom stereocenters. The normalized spacial score (nSPS) is 9.39. The third-order valence-corrected chi connectivity index (χ3v) is 2.51. The highest BCUT2D eigenvalue weighted by Crippen LogP contribution is 2.05. The molecule has 18 heavy (non-hydrogen) atoms. The van der Waals surface area contributed by atoms with E-state index >= 15 is 0 Å². The summed E-state index contributed by atoms with van der Waals surface area (Å²) in [5.74, 6) is 0.156. The fourth-order valence-electron chi connectivity index (χ4n) is 1.60. The zero-order chi connectivity index (χ0) is 12.5. The van der Waals surface area contributed by atoms with E-state index in [0.717, 1.165) is 5.56 Å². The van der Waals surface area contributed by atoms with Crippen LogP contribution in [-0.4, -0.2) is 30.9 Å². The second-order valence-electron chi connectivity index (χ2n) is 3.90. The van der Waals surface area contributed by atoms with Gasteiger partial charge in [-0.1, -0.05) is 36.4 Å². The molecule has 1 aromatic rings. The molecule has 1 N–H and O–H groups in total. The number of halogens is 1. The topological polar surface area (TPSA) is 32.3 Å². The van der Waals surface area contributed by atoms with Crippen molar-refractivity contribution in [2.75, 3.05) is 20.1 Å². The van der Waals surface area contributed by atoms with E-state index in [-0.39, 0.29) is 18.3 Å². The Morgan fingerprint density at radius 1 is 1.39 bits per heavy atom. The summed E-state index contributed by atoms with van der Waals surface area (Å²) in [7, 11) is 1.85. The van der Waals surface area contributed by atoms with Gasteiger partial charge in [0.05, 0.1) is 0 Å². The van der Waals surface area contributed by atoms with Gasteiger partial charge in [0.25, 0.3) is 0 Å². The molecule has 0 bridgehead atoms. The van der Waals surface area contributed by atoms with Crippen molar-refractivity contribution >= 4 is 18.3 Å². The minimum atomic E-state index is 0. The molecule has 0 radical (unpaired) electrons.